The topological polar surface area (TPSA) is 26.3 Å². The van der Waals surface area contributed by atoms with Gasteiger partial charge in [-0.15, -0.1) is 0 Å². The summed E-state index contributed by atoms with van der Waals surface area (Å²) in [5.41, 5.74) is 1.08. The number of ketones is 1. The Balaban J connectivity index is 1.70. The van der Waals surface area contributed by atoms with E-state index in [9.17, 15) is 18.0 Å². The molecule has 122 valence electrons. The maximum absolute atomic E-state index is 12.5. The second-order valence-electron chi connectivity index (χ2n) is 5.95. The van der Waals surface area contributed by atoms with Crippen LogP contribution in [0.2, 0.25) is 0 Å². The van der Waals surface area contributed by atoms with Crippen molar-refractivity contribution >= 4 is 5.78 Å². The fourth-order valence-corrected chi connectivity index (χ4v) is 2.96. The predicted octanol–water partition coefficient (Wildman–Crippen LogP) is 4.53. The van der Waals surface area contributed by atoms with Crippen molar-refractivity contribution in [1.29, 1.82) is 0 Å². The van der Waals surface area contributed by atoms with Crippen molar-refractivity contribution in [1.82, 2.24) is 0 Å². The van der Waals surface area contributed by atoms with E-state index >= 15 is 0 Å². The molecule has 1 unspecified atom stereocenters. The Kier molecular flexibility index (Phi) is 6.00. The zero-order valence-corrected chi connectivity index (χ0v) is 12.4. The molecule has 2 atom stereocenters. The first-order chi connectivity index (χ1) is 10.4. The molecule has 22 heavy (non-hydrogen) atoms. The smallest absolute Gasteiger partial charge is 0.377 e. The lowest BCUT2D eigenvalue weighted by Gasteiger charge is -2.28. The van der Waals surface area contributed by atoms with Gasteiger partial charge in [-0.3, -0.25) is 4.79 Å². The van der Waals surface area contributed by atoms with Crippen molar-refractivity contribution in [3.8, 4) is 0 Å². The molecular formula is C17H21F3O2. The maximum atomic E-state index is 12.5. The summed E-state index contributed by atoms with van der Waals surface area (Å²) >= 11 is 0. The number of carbonyl (C=O) groups excluding carboxylic acids is 1. The lowest BCUT2D eigenvalue weighted by atomic mass is 9.77. The second kappa shape index (κ2) is 7.77. The van der Waals surface area contributed by atoms with E-state index < -0.39 is 18.5 Å². The molecule has 1 aromatic rings. The molecule has 1 fully saturated rings. The van der Waals surface area contributed by atoms with Gasteiger partial charge < -0.3 is 4.74 Å². The van der Waals surface area contributed by atoms with E-state index in [1.165, 1.54) is 0 Å². The number of benzene rings is 1. The monoisotopic (exact) mass is 314 g/mol. The van der Waals surface area contributed by atoms with Crippen LogP contribution >= 0.6 is 0 Å². The number of hydrogen-bond donors (Lipinski definition) is 0. The number of halogens is 3. The second-order valence-corrected chi connectivity index (χ2v) is 5.95. The summed E-state index contributed by atoms with van der Waals surface area (Å²) in [6, 6.07) is 9.75. The van der Waals surface area contributed by atoms with Crippen LogP contribution in [0.3, 0.4) is 0 Å². The Labute approximate surface area is 128 Å². The van der Waals surface area contributed by atoms with Crippen LogP contribution in [0.4, 0.5) is 13.2 Å². The molecular weight excluding hydrogens is 293 g/mol. The highest BCUT2D eigenvalue weighted by atomic mass is 19.4. The van der Waals surface area contributed by atoms with Crippen molar-refractivity contribution in [2.45, 2.75) is 44.9 Å². The third-order valence-electron chi connectivity index (χ3n) is 4.13. The number of alkyl halides is 3. The highest BCUT2D eigenvalue weighted by molar-refractivity contribution is 5.81. The Morgan fingerprint density at radius 1 is 1.18 bits per heavy atom. The Morgan fingerprint density at radius 2 is 1.91 bits per heavy atom. The quantitative estimate of drug-likeness (QED) is 0.721. The number of ether oxygens (including phenoxy) is 1. The molecule has 0 heterocycles. The van der Waals surface area contributed by atoms with Crippen LogP contribution in [0.1, 0.15) is 37.7 Å². The molecule has 1 aliphatic rings. The van der Waals surface area contributed by atoms with E-state index in [1.54, 1.807) is 0 Å². The maximum Gasteiger partial charge on any atom is 0.389 e. The summed E-state index contributed by atoms with van der Waals surface area (Å²) in [6.07, 6.45) is -3.23. The molecule has 0 aliphatic heterocycles. The highest BCUT2D eigenvalue weighted by Gasteiger charge is 2.38. The molecule has 1 saturated carbocycles. The highest BCUT2D eigenvalue weighted by Crippen LogP contribution is 2.35. The first-order valence-corrected chi connectivity index (χ1v) is 7.65. The van der Waals surface area contributed by atoms with Crippen molar-refractivity contribution in [3.05, 3.63) is 35.9 Å². The Bertz CT molecular complexity index is 471. The lowest BCUT2D eigenvalue weighted by Crippen LogP contribution is -2.29. The fourth-order valence-electron chi connectivity index (χ4n) is 2.96. The summed E-state index contributed by atoms with van der Waals surface area (Å²) in [5, 5.41) is 0. The molecule has 0 bridgehead atoms. The summed E-state index contributed by atoms with van der Waals surface area (Å²) in [5.74, 6) is -0.938. The molecule has 1 aliphatic carbocycles. The predicted molar refractivity (Wildman–Crippen MR) is 77.2 cm³/mol. The molecule has 0 aromatic heterocycles. The standard InChI is InChI=1S/C17H21F3O2/c18-17(19,20)11-15-10-13(6-7-16(15)21)8-9-22-12-14-4-2-1-3-5-14/h1-5,13,15H,6-12H2/t13?,15-/m0/s1. The van der Waals surface area contributed by atoms with Crippen LogP contribution in [-0.2, 0) is 16.1 Å². The van der Waals surface area contributed by atoms with Crippen LogP contribution in [0.5, 0.6) is 0 Å². The van der Waals surface area contributed by atoms with Crippen molar-refractivity contribution in [2.75, 3.05) is 6.61 Å². The van der Waals surface area contributed by atoms with E-state index in [-0.39, 0.29) is 18.1 Å². The number of hydrogen-bond acceptors (Lipinski definition) is 2. The normalized spacial score (nSPS) is 22.8. The molecule has 0 radical (unpaired) electrons. The molecule has 0 spiro atoms. The van der Waals surface area contributed by atoms with E-state index in [0.29, 0.717) is 32.5 Å². The number of rotatable bonds is 6. The third-order valence-corrected chi connectivity index (χ3v) is 4.13. The van der Waals surface area contributed by atoms with Gasteiger partial charge in [0.05, 0.1) is 13.0 Å². The Hall–Kier alpha value is -1.36. The minimum Gasteiger partial charge on any atom is -0.377 e. The van der Waals surface area contributed by atoms with Crippen molar-refractivity contribution < 1.29 is 22.7 Å². The molecule has 1 aromatic carbocycles. The van der Waals surface area contributed by atoms with E-state index in [1.807, 2.05) is 30.3 Å². The summed E-state index contributed by atoms with van der Waals surface area (Å²) in [6.45, 7) is 1.03. The third kappa shape index (κ3) is 5.79. The minimum absolute atomic E-state index is 0.154. The van der Waals surface area contributed by atoms with Crippen LogP contribution < -0.4 is 0 Å². The number of carbonyl (C=O) groups is 1. The van der Waals surface area contributed by atoms with E-state index in [2.05, 4.69) is 0 Å². The average Bonchev–Trinajstić information content (AvgIpc) is 2.46. The average molecular weight is 314 g/mol. The van der Waals surface area contributed by atoms with Gasteiger partial charge in [-0.1, -0.05) is 30.3 Å². The Morgan fingerprint density at radius 3 is 2.59 bits per heavy atom. The van der Waals surface area contributed by atoms with Gasteiger partial charge in [0.2, 0.25) is 0 Å². The van der Waals surface area contributed by atoms with Gasteiger partial charge >= 0.3 is 6.18 Å². The zero-order chi connectivity index (χ0) is 16.0. The molecule has 2 rings (SSSR count). The van der Waals surface area contributed by atoms with Crippen LogP contribution in [0.15, 0.2) is 30.3 Å². The summed E-state index contributed by atoms with van der Waals surface area (Å²) < 4.78 is 43.0. The fraction of sp³-hybridized carbons (Fsp3) is 0.588. The van der Waals surface area contributed by atoms with Crippen LogP contribution in [-0.4, -0.2) is 18.6 Å². The van der Waals surface area contributed by atoms with E-state index in [0.717, 1.165) is 5.56 Å². The SMILES string of the molecule is O=C1CCC(CCOCc2ccccc2)C[C@H]1CC(F)(F)F. The first kappa shape index (κ1) is 17.0. The van der Waals surface area contributed by atoms with Crippen molar-refractivity contribution in [2.24, 2.45) is 11.8 Å². The van der Waals surface area contributed by atoms with Gasteiger partial charge in [0, 0.05) is 18.9 Å². The largest absolute Gasteiger partial charge is 0.389 e. The van der Waals surface area contributed by atoms with Gasteiger partial charge in [-0.25, -0.2) is 0 Å². The molecule has 0 N–H and O–H groups in total. The molecule has 0 amide bonds. The minimum atomic E-state index is -4.26. The van der Waals surface area contributed by atoms with Crippen LogP contribution in [0, 0.1) is 11.8 Å². The van der Waals surface area contributed by atoms with Gasteiger partial charge in [0.25, 0.3) is 0 Å². The molecule has 0 saturated heterocycles. The van der Waals surface area contributed by atoms with Gasteiger partial charge in [-0.05, 0) is 30.7 Å². The van der Waals surface area contributed by atoms with Crippen LogP contribution in [0.25, 0.3) is 0 Å². The lowest BCUT2D eigenvalue weighted by molar-refractivity contribution is -0.156. The van der Waals surface area contributed by atoms with E-state index in [4.69, 9.17) is 4.74 Å². The van der Waals surface area contributed by atoms with Gasteiger partial charge in [0.1, 0.15) is 5.78 Å². The molecule has 2 nitrogen and oxygen atoms in total. The number of Topliss-reactive ketones (excluding diaryl/α,β-unsaturated/α-hetero) is 1. The summed E-state index contributed by atoms with van der Waals surface area (Å²) in [7, 11) is 0. The zero-order valence-electron chi connectivity index (χ0n) is 12.4. The summed E-state index contributed by atoms with van der Waals surface area (Å²) in [4.78, 5) is 11.6. The molecule has 5 heteroatoms. The first-order valence-electron chi connectivity index (χ1n) is 7.65. The van der Waals surface area contributed by atoms with Gasteiger partial charge in [0.15, 0.2) is 0 Å². The van der Waals surface area contributed by atoms with Gasteiger partial charge in [-0.2, -0.15) is 13.2 Å². The van der Waals surface area contributed by atoms with Crippen molar-refractivity contribution in [3.63, 3.8) is 0 Å².